The van der Waals surface area contributed by atoms with Gasteiger partial charge in [0.1, 0.15) is 0 Å². The molecular formula is C15H19N3O3. The molecule has 0 unspecified atom stereocenters. The van der Waals surface area contributed by atoms with E-state index in [2.05, 4.69) is 11.9 Å². The Bertz CT molecular complexity index is 580. The molecule has 6 nitrogen and oxygen atoms in total. The first-order chi connectivity index (χ1) is 10.1. The topological polar surface area (TPSA) is 64.1 Å². The van der Waals surface area contributed by atoms with Crippen LogP contribution in [0.3, 0.4) is 0 Å². The van der Waals surface area contributed by atoms with Crippen molar-refractivity contribution < 1.29 is 14.7 Å². The Morgan fingerprint density at radius 3 is 2.48 bits per heavy atom. The first kappa shape index (κ1) is 13.9. The maximum Gasteiger partial charge on any atom is 0.335 e. The predicted molar refractivity (Wildman–Crippen MR) is 78.9 cm³/mol. The van der Waals surface area contributed by atoms with E-state index >= 15 is 0 Å². The molecular weight excluding hydrogens is 270 g/mol. The molecule has 1 N–H and O–H groups in total. The molecule has 1 fully saturated rings. The van der Waals surface area contributed by atoms with Gasteiger partial charge in [-0.2, -0.15) is 0 Å². The van der Waals surface area contributed by atoms with E-state index in [-0.39, 0.29) is 11.6 Å². The van der Waals surface area contributed by atoms with Crippen LogP contribution < -0.4 is 4.90 Å². The van der Waals surface area contributed by atoms with Gasteiger partial charge in [-0.3, -0.25) is 4.90 Å². The molecule has 0 saturated carbocycles. The van der Waals surface area contributed by atoms with Gasteiger partial charge in [0.2, 0.25) is 0 Å². The molecule has 0 atom stereocenters. The van der Waals surface area contributed by atoms with Gasteiger partial charge in [-0.25, -0.2) is 9.59 Å². The number of nitrogens with zero attached hydrogens (tertiary/aromatic N) is 3. The van der Waals surface area contributed by atoms with Crippen LogP contribution in [0.25, 0.3) is 0 Å². The van der Waals surface area contributed by atoms with E-state index in [1.807, 2.05) is 4.90 Å². The van der Waals surface area contributed by atoms with Crippen molar-refractivity contribution in [2.24, 2.45) is 0 Å². The monoisotopic (exact) mass is 289 g/mol. The van der Waals surface area contributed by atoms with Crippen LogP contribution in [-0.2, 0) is 6.42 Å². The van der Waals surface area contributed by atoms with E-state index in [4.69, 9.17) is 5.11 Å². The summed E-state index contributed by atoms with van der Waals surface area (Å²) in [7, 11) is 2.06. The van der Waals surface area contributed by atoms with Gasteiger partial charge in [-0.05, 0) is 37.2 Å². The first-order valence-electron chi connectivity index (χ1n) is 7.17. The van der Waals surface area contributed by atoms with Crippen LogP contribution in [0.15, 0.2) is 18.2 Å². The Morgan fingerprint density at radius 2 is 1.81 bits per heavy atom. The van der Waals surface area contributed by atoms with Crippen molar-refractivity contribution in [3.63, 3.8) is 0 Å². The number of amides is 2. The Labute approximate surface area is 123 Å². The number of fused-ring (bicyclic) bond motifs is 1. The molecule has 1 saturated heterocycles. The third-order valence-electron chi connectivity index (χ3n) is 4.23. The second-order valence-corrected chi connectivity index (χ2v) is 5.62. The fraction of sp³-hybridized carbons (Fsp3) is 0.467. The normalized spacial score (nSPS) is 18.7. The average molecular weight is 289 g/mol. The number of urea groups is 1. The second kappa shape index (κ2) is 5.37. The Balaban J connectivity index is 1.78. The SMILES string of the molecule is CN1CCN(C(=O)N2CCc3cc(C(=O)O)ccc32)CC1. The number of carboxylic acids is 1. The standard InChI is InChI=1S/C15H19N3O3/c1-16-6-8-17(9-7-16)15(21)18-5-4-11-10-12(14(19)20)2-3-13(11)18/h2-3,10H,4-9H2,1H3,(H,19,20). The average Bonchev–Trinajstić information content (AvgIpc) is 2.90. The molecule has 3 rings (SSSR count). The lowest BCUT2D eigenvalue weighted by molar-refractivity contribution is 0.0697. The van der Waals surface area contributed by atoms with Crippen LogP contribution in [0.1, 0.15) is 15.9 Å². The number of hydrogen-bond acceptors (Lipinski definition) is 3. The Hall–Kier alpha value is -2.08. The van der Waals surface area contributed by atoms with Crippen LogP contribution >= 0.6 is 0 Å². The molecule has 6 heteroatoms. The highest BCUT2D eigenvalue weighted by atomic mass is 16.4. The largest absolute Gasteiger partial charge is 0.478 e. The summed E-state index contributed by atoms with van der Waals surface area (Å²) in [6, 6.07) is 5.02. The van der Waals surface area contributed by atoms with Gasteiger partial charge in [0.25, 0.3) is 0 Å². The molecule has 1 aromatic rings. The second-order valence-electron chi connectivity index (χ2n) is 5.62. The van der Waals surface area contributed by atoms with Crippen LogP contribution in [0.4, 0.5) is 10.5 Å². The molecule has 0 spiro atoms. The van der Waals surface area contributed by atoms with Gasteiger partial charge in [0.05, 0.1) is 5.56 Å². The summed E-state index contributed by atoms with van der Waals surface area (Å²) < 4.78 is 0. The van der Waals surface area contributed by atoms with Crippen LogP contribution in [0.2, 0.25) is 0 Å². The summed E-state index contributed by atoms with van der Waals surface area (Å²) >= 11 is 0. The zero-order valence-electron chi connectivity index (χ0n) is 12.1. The van der Waals surface area contributed by atoms with Gasteiger partial charge < -0.3 is 14.9 Å². The molecule has 21 heavy (non-hydrogen) atoms. The molecule has 0 bridgehead atoms. The third-order valence-corrected chi connectivity index (χ3v) is 4.23. The van der Waals surface area contributed by atoms with Crippen LogP contribution in [-0.4, -0.2) is 66.7 Å². The van der Waals surface area contributed by atoms with Gasteiger partial charge in [0.15, 0.2) is 0 Å². The van der Waals surface area contributed by atoms with Crippen molar-refractivity contribution in [2.75, 3.05) is 44.7 Å². The van der Waals surface area contributed by atoms with E-state index in [0.29, 0.717) is 6.54 Å². The zero-order chi connectivity index (χ0) is 15.0. The summed E-state index contributed by atoms with van der Waals surface area (Å²) in [6.45, 7) is 3.90. The highest BCUT2D eigenvalue weighted by Gasteiger charge is 2.30. The van der Waals surface area contributed by atoms with E-state index in [1.165, 1.54) is 0 Å². The highest BCUT2D eigenvalue weighted by molar-refractivity contribution is 5.96. The van der Waals surface area contributed by atoms with Crippen molar-refractivity contribution in [2.45, 2.75) is 6.42 Å². The van der Waals surface area contributed by atoms with Crippen molar-refractivity contribution in [3.8, 4) is 0 Å². The van der Waals surface area contributed by atoms with Gasteiger partial charge >= 0.3 is 12.0 Å². The first-order valence-corrected chi connectivity index (χ1v) is 7.17. The van der Waals surface area contributed by atoms with Crippen molar-refractivity contribution in [1.29, 1.82) is 0 Å². The molecule has 2 aliphatic rings. The molecule has 0 aliphatic carbocycles. The number of piperazine rings is 1. The zero-order valence-corrected chi connectivity index (χ0v) is 12.1. The quantitative estimate of drug-likeness (QED) is 0.841. The smallest absolute Gasteiger partial charge is 0.335 e. The maximum absolute atomic E-state index is 12.6. The minimum absolute atomic E-state index is 0.0323. The lowest BCUT2D eigenvalue weighted by Crippen LogP contribution is -2.51. The third kappa shape index (κ3) is 2.58. The fourth-order valence-electron chi connectivity index (χ4n) is 2.90. The predicted octanol–water partition coefficient (Wildman–Crippen LogP) is 1.11. The number of anilines is 1. The van der Waals surface area contributed by atoms with Crippen molar-refractivity contribution in [1.82, 2.24) is 9.80 Å². The van der Waals surface area contributed by atoms with Crippen molar-refractivity contribution in [3.05, 3.63) is 29.3 Å². The lowest BCUT2D eigenvalue weighted by atomic mass is 10.1. The summed E-state index contributed by atoms with van der Waals surface area (Å²) in [6.07, 6.45) is 0.718. The number of benzene rings is 1. The minimum Gasteiger partial charge on any atom is -0.478 e. The number of carbonyl (C=O) groups excluding carboxylic acids is 1. The fourth-order valence-corrected chi connectivity index (χ4v) is 2.90. The molecule has 2 amide bonds. The lowest BCUT2D eigenvalue weighted by Gasteiger charge is -2.35. The number of carboxylic acid groups (broad SMARTS) is 1. The molecule has 0 radical (unpaired) electrons. The molecule has 112 valence electrons. The van der Waals surface area contributed by atoms with Gasteiger partial charge in [-0.15, -0.1) is 0 Å². The van der Waals surface area contributed by atoms with Crippen LogP contribution in [0.5, 0.6) is 0 Å². The summed E-state index contributed by atoms with van der Waals surface area (Å²) in [5, 5.41) is 9.03. The van der Waals surface area contributed by atoms with E-state index in [0.717, 1.165) is 43.9 Å². The number of rotatable bonds is 1. The van der Waals surface area contributed by atoms with Crippen molar-refractivity contribution >= 4 is 17.7 Å². The minimum atomic E-state index is -0.929. The number of hydrogen-bond donors (Lipinski definition) is 1. The molecule has 0 aromatic heterocycles. The van der Waals surface area contributed by atoms with Gasteiger partial charge in [0, 0.05) is 38.4 Å². The van der Waals surface area contributed by atoms with Gasteiger partial charge in [-0.1, -0.05) is 0 Å². The van der Waals surface area contributed by atoms with Crippen LogP contribution in [0, 0.1) is 0 Å². The van der Waals surface area contributed by atoms with E-state index < -0.39 is 5.97 Å². The summed E-state index contributed by atoms with van der Waals surface area (Å²) in [4.78, 5) is 29.5. The molecule has 2 heterocycles. The Kier molecular flexibility index (Phi) is 3.55. The van der Waals surface area contributed by atoms with E-state index in [9.17, 15) is 9.59 Å². The highest BCUT2D eigenvalue weighted by Crippen LogP contribution is 2.30. The van der Waals surface area contributed by atoms with E-state index in [1.54, 1.807) is 23.1 Å². The number of likely N-dealkylation sites (N-methyl/N-ethyl adjacent to an activating group) is 1. The maximum atomic E-state index is 12.6. The number of carbonyl (C=O) groups is 2. The molecule has 1 aromatic carbocycles. The Morgan fingerprint density at radius 1 is 1.10 bits per heavy atom. The number of aromatic carboxylic acids is 1. The summed E-state index contributed by atoms with van der Waals surface area (Å²) in [5.74, 6) is -0.929. The molecule has 2 aliphatic heterocycles. The summed E-state index contributed by atoms with van der Waals surface area (Å²) in [5.41, 5.74) is 2.07.